The number of unbranched alkanes of at least 4 members (excludes halogenated alkanes) is 1. The highest BCUT2D eigenvalue weighted by Gasteiger charge is 2.11. The summed E-state index contributed by atoms with van der Waals surface area (Å²) in [6.45, 7) is 0.702. The lowest BCUT2D eigenvalue weighted by Gasteiger charge is -2.06. The number of hydrogen-bond acceptors (Lipinski definition) is 5. The van der Waals surface area contributed by atoms with Gasteiger partial charge < -0.3 is 15.5 Å². The molecule has 1 heterocycles. The minimum atomic E-state index is -1.10. The SMILES string of the molecule is O=C(O)c1nccnc1NCCCCO. The average molecular weight is 211 g/mol. The molecule has 6 heteroatoms. The van der Waals surface area contributed by atoms with Gasteiger partial charge >= 0.3 is 5.97 Å². The lowest BCUT2D eigenvalue weighted by atomic mass is 10.3. The van der Waals surface area contributed by atoms with Crippen LogP contribution in [0.15, 0.2) is 12.4 Å². The van der Waals surface area contributed by atoms with E-state index in [1.807, 2.05) is 0 Å². The molecule has 0 saturated carbocycles. The van der Waals surface area contributed by atoms with Gasteiger partial charge in [0.05, 0.1) is 0 Å². The third-order valence-electron chi connectivity index (χ3n) is 1.78. The second kappa shape index (κ2) is 5.92. The van der Waals surface area contributed by atoms with Crippen LogP contribution in [0.5, 0.6) is 0 Å². The summed E-state index contributed by atoms with van der Waals surface area (Å²) in [5, 5.41) is 20.2. The van der Waals surface area contributed by atoms with Gasteiger partial charge in [0.1, 0.15) is 0 Å². The highest BCUT2D eigenvalue weighted by molar-refractivity contribution is 5.90. The van der Waals surface area contributed by atoms with Crippen molar-refractivity contribution in [3.05, 3.63) is 18.1 Å². The third-order valence-corrected chi connectivity index (χ3v) is 1.78. The molecule has 0 amide bonds. The average Bonchev–Trinajstić information content (AvgIpc) is 2.25. The Bertz CT molecular complexity index is 330. The van der Waals surface area contributed by atoms with Crippen molar-refractivity contribution >= 4 is 11.8 Å². The molecule has 6 nitrogen and oxygen atoms in total. The minimum Gasteiger partial charge on any atom is -0.476 e. The van der Waals surface area contributed by atoms with Crippen LogP contribution in [-0.4, -0.2) is 39.3 Å². The second-order valence-electron chi connectivity index (χ2n) is 2.92. The predicted molar refractivity (Wildman–Crippen MR) is 53.8 cm³/mol. The molecule has 0 unspecified atom stereocenters. The number of nitrogens with zero attached hydrogens (tertiary/aromatic N) is 2. The number of hydrogen-bond donors (Lipinski definition) is 3. The molecular weight excluding hydrogens is 198 g/mol. The summed E-state index contributed by atoms with van der Waals surface area (Å²) in [5.74, 6) is -0.837. The number of aromatic nitrogens is 2. The van der Waals surface area contributed by atoms with Crippen molar-refractivity contribution in [1.82, 2.24) is 9.97 Å². The molecule has 0 spiro atoms. The van der Waals surface area contributed by atoms with Gasteiger partial charge in [0, 0.05) is 25.5 Å². The topological polar surface area (TPSA) is 95.3 Å². The van der Waals surface area contributed by atoms with Gasteiger partial charge in [-0.05, 0) is 12.8 Å². The molecule has 0 aliphatic carbocycles. The van der Waals surface area contributed by atoms with Crippen molar-refractivity contribution in [1.29, 1.82) is 0 Å². The van der Waals surface area contributed by atoms with E-state index in [0.717, 1.165) is 6.42 Å². The first-order valence-corrected chi connectivity index (χ1v) is 4.64. The zero-order chi connectivity index (χ0) is 11.1. The Kier molecular flexibility index (Phi) is 4.49. The Hall–Kier alpha value is -1.69. The van der Waals surface area contributed by atoms with Crippen LogP contribution in [0.2, 0.25) is 0 Å². The number of carboxylic acid groups (broad SMARTS) is 1. The first-order chi connectivity index (χ1) is 7.25. The van der Waals surface area contributed by atoms with E-state index in [0.29, 0.717) is 13.0 Å². The zero-order valence-electron chi connectivity index (χ0n) is 8.18. The van der Waals surface area contributed by atoms with Crippen molar-refractivity contribution in [3.63, 3.8) is 0 Å². The maximum atomic E-state index is 10.7. The lowest BCUT2D eigenvalue weighted by molar-refractivity contribution is 0.0691. The van der Waals surface area contributed by atoms with Crippen LogP contribution in [0.4, 0.5) is 5.82 Å². The van der Waals surface area contributed by atoms with E-state index in [4.69, 9.17) is 10.2 Å². The van der Waals surface area contributed by atoms with Gasteiger partial charge in [-0.15, -0.1) is 0 Å². The summed E-state index contributed by atoms with van der Waals surface area (Å²) in [4.78, 5) is 18.3. The van der Waals surface area contributed by atoms with E-state index < -0.39 is 5.97 Å². The van der Waals surface area contributed by atoms with Crippen molar-refractivity contribution in [2.45, 2.75) is 12.8 Å². The smallest absolute Gasteiger partial charge is 0.358 e. The van der Waals surface area contributed by atoms with E-state index in [2.05, 4.69) is 15.3 Å². The Morgan fingerprint density at radius 3 is 2.73 bits per heavy atom. The van der Waals surface area contributed by atoms with Gasteiger partial charge in [-0.1, -0.05) is 0 Å². The molecule has 0 radical (unpaired) electrons. The summed E-state index contributed by atoms with van der Waals surface area (Å²) in [6.07, 6.45) is 4.20. The number of carbonyl (C=O) groups is 1. The third kappa shape index (κ3) is 3.51. The Morgan fingerprint density at radius 2 is 2.07 bits per heavy atom. The van der Waals surface area contributed by atoms with Gasteiger partial charge in [-0.3, -0.25) is 0 Å². The Morgan fingerprint density at radius 1 is 1.33 bits per heavy atom. The van der Waals surface area contributed by atoms with Gasteiger partial charge in [0.25, 0.3) is 0 Å². The van der Waals surface area contributed by atoms with E-state index in [9.17, 15) is 4.79 Å². The standard InChI is InChI=1S/C9H13N3O3/c13-6-2-1-3-11-8-7(9(14)15)10-4-5-12-8/h4-5,13H,1-3,6H2,(H,11,12)(H,14,15). The normalized spacial score (nSPS) is 9.93. The van der Waals surface area contributed by atoms with Crippen LogP contribution in [-0.2, 0) is 0 Å². The maximum Gasteiger partial charge on any atom is 0.358 e. The molecule has 0 aliphatic heterocycles. The number of nitrogens with one attached hydrogen (secondary N) is 1. The number of aromatic carboxylic acids is 1. The summed E-state index contributed by atoms with van der Waals surface area (Å²) < 4.78 is 0. The number of aliphatic hydroxyl groups is 1. The molecule has 0 aromatic carbocycles. The first kappa shape index (κ1) is 11.4. The van der Waals surface area contributed by atoms with Crippen LogP contribution in [0.25, 0.3) is 0 Å². The predicted octanol–water partition coefficient (Wildman–Crippen LogP) is 0.359. The highest BCUT2D eigenvalue weighted by atomic mass is 16.4. The fourth-order valence-corrected chi connectivity index (χ4v) is 1.07. The van der Waals surface area contributed by atoms with E-state index in [-0.39, 0.29) is 18.1 Å². The van der Waals surface area contributed by atoms with Crippen LogP contribution in [0.1, 0.15) is 23.3 Å². The number of carboxylic acids is 1. The van der Waals surface area contributed by atoms with Crippen LogP contribution in [0, 0.1) is 0 Å². The molecule has 82 valence electrons. The maximum absolute atomic E-state index is 10.7. The number of aliphatic hydroxyl groups excluding tert-OH is 1. The Labute approximate surface area is 87.0 Å². The van der Waals surface area contributed by atoms with Crippen molar-refractivity contribution in [2.24, 2.45) is 0 Å². The van der Waals surface area contributed by atoms with E-state index in [1.54, 1.807) is 0 Å². The minimum absolute atomic E-state index is 0.0819. The molecular formula is C9H13N3O3. The number of rotatable bonds is 6. The van der Waals surface area contributed by atoms with Crippen molar-refractivity contribution in [2.75, 3.05) is 18.5 Å². The summed E-state index contributed by atoms with van der Waals surface area (Å²) >= 11 is 0. The fraction of sp³-hybridized carbons (Fsp3) is 0.444. The van der Waals surface area contributed by atoms with Crippen LogP contribution in [0.3, 0.4) is 0 Å². The second-order valence-corrected chi connectivity index (χ2v) is 2.92. The molecule has 0 atom stereocenters. The lowest BCUT2D eigenvalue weighted by Crippen LogP contribution is -2.11. The molecule has 3 N–H and O–H groups in total. The highest BCUT2D eigenvalue weighted by Crippen LogP contribution is 2.07. The van der Waals surface area contributed by atoms with E-state index in [1.165, 1.54) is 12.4 Å². The van der Waals surface area contributed by atoms with Gasteiger partial charge in [-0.25, -0.2) is 14.8 Å². The van der Waals surface area contributed by atoms with Crippen molar-refractivity contribution < 1.29 is 15.0 Å². The summed E-state index contributed by atoms with van der Waals surface area (Å²) in [7, 11) is 0. The number of anilines is 1. The Balaban J connectivity index is 2.56. The monoisotopic (exact) mass is 211 g/mol. The van der Waals surface area contributed by atoms with Gasteiger partial charge in [-0.2, -0.15) is 0 Å². The zero-order valence-corrected chi connectivity index (χ0v) is 8.18. The fourth-order valence-electron chi connectivity index (χ4n) is 1.07. The van der Waals surface area contributed by atoms with Crippen molar-refractivity contribution in [3.8, 4) is 0 Å². The largest absolute Gasteiger partial charge is 0.476 e. The summed E-state index contributed by atoms with van der Waals surface area (Å²) in [5.41, 5.74) is -0.0819. The molecule has 0 fully saturated rings. The molecule has 1 aromatic heterocycles. The van der Waals surface area contributed by atoms with Crippen LogP contribution >= 0.6 is 0 Å². The molecule has 15 heavy (non-hydrogen) atoms. The van der Waals surface area contributed by atoms with E-state index >= 15 is 0 Å². The molecule has 1 aromatic rings. The quantitative estimate of drug-likeness (QED) is 0.588. The molecule has 1 rings (SSSR count). The van der Waals surface area contributed by atoms with Gasteiger partial charge in [0.15, 0.2) is 11.5 Å². The summed E-state index contributed by atoms with van der Waals surface area (Å²) in [6, 6.07) is 0. The molecule has 0 bridgehead atoms. The van der Waals surface area contributed by atoms with Gasteiger partial charge in [0.2, 0.25) is 0 Å². The molecule has 0 aliphatic rings. The van der Waals surface area contributed by atoms with Crippen LogP contribution < -0.4 is 5.32 Å². The molecule has 0 saturated heterocycles. The first-order valence-electron chi connectivity index (χ1n) is 4.64.